The van der Waals surface area contributed by atoms with Crippen LogP contribution in [0.1, 0.15) is 92.7 Å². The number of benzene rings is 1. The molecule has 1 saturated carbocycles. The molecule has 5 rings (SSSR count). The number of Topliss-reactive ketones (excluding diaryl/α,β-unsaturated/α-hetero) is 1. The lowest BCUT2D eigenvalue weighted by atomic mass is 9.81. The highest BCUT2D eigenvalue weighted by molar-refractivity contribution is 5.97. The molecule has 0 unspecified atom stereocenters. The third-order valence-electron chi connectivity index (χ3n) is 10.0. The summed E-state index contributed by atoms with van der Waals surface area (Å²) in [6, 6.07) is 9.01. The van der Waals surface area contributed by atoms with Crippen molar-refractivity contribution in [1.29, 1.82) is 0 Å². The van der Waals surface area contributed by atoms with Gasteiger partial charge in [0.15, 0.2) is 5.78 Å². The third-order valence-corrected chi connectivity index (χ3v) is 10.0. The molecule has 3 aliphatic rings. The van der Waals surface area contributed by atoms with Crippen molar-refractivity contribution < 1.29 is 19.2 Å². The number of amides is 3. The van der Waals surface area contributed by atoms with Crippen molar-refractivity contribution in [1.82, 2.24) is 30.2 Å². The van der Waals surface area contributed by atoms with Gasteiger partial charge in [-0.3, -0.25) is 28.8 Å². The summed E-state index contributed by atoms with van der Waals surface area (Å²) in [5.74, 6) is -0.170. The molecule has 2 N–H and O–H groups in total. The Labute approximate surface area is 267 Å². The van der Waals surface area contributed by atoms with E-state index in [4.69, 9.17) is 0 Å². The van der Waals surface area contributed by atoms with Crippen LogP contribution >= 0.6 is 0 Å². The van der Waals surface area contributed by atoms with Crippen molar-refractivity contribution >= 4 is 23.5 Å². The molecule has 3 heterocycles. The normalized spacial score (nSPS) is 20.6. The number of nitrogens with zero attached hydrogens (tertiary/aromatic N) is 4. The van der Waals surface area contributed by atoms with E-state index < -0.39 is 12.1 Å². The van der Waals surface area contributed by atoms with Crippen LogP contribution in [0.2, 0.25) is 0 Å². The van der Waals surface area contributed by atoms with E-state index in [1.54, 1.807) is 26.2 Å². The second-order valence-corrected chi connectivity index (χ2v) is 13.1. The van der Waals surface area contributed by atoms with Gasteiger partial charge in [-0.25, -0.2) is 0 Å². The second-order valence-electron chi connectivity index (χ2n) is 13.1. The summed E-state index contributed by atoms with van der Waals surface area (Å²) in [5.41, 5.74) is 2.45. The topological polar surface area (TPSA) is 117 Å². The molecule has 2 saturated heterocycles. The lowest BCUT2D eigenvalue weighted by Gasteiger charge is -2.44. The quantitative estimate of drug-likeness (QED) is 0.377. The van der Waals surface area contributed by atoms with Crippen LogP contribution in [0, 0.1) is 5.92 Å². The van der Waals surface area contributed by atoms with Gasteiger partial charge in [0.2, 0.25) is 11.8 Å². The Bertz CT molecular complexity index is 1320. The standard InChI is InChI=1S/C35H50N6O4/c1-3-32(43)37-29(35(45)41-22-21-40-20-8-7-11-28(40)24-41)23-26-14-12-25(13-15-26)16-17-31(42)33(27-9-5-4-6-10-27)38-34(44)30-18-19-36-39(30)2/h12-15,18-19,27-29,33H,3-11,16-17,20-24H2,1-2H3,(H,37,43)(H,38,44)/t28-,29+,33-/m0/s1. The van der Waals surface area contributed by atoms with Crippen LogP contribution in [0.5, 0.6) is 0 Å². The van der Waals surface area contributed by atoms with Gasteiger partial charge in [0.05, 0.1) is 6.04 Å². The number of carbonyl (C=O) groups is 4. The molecule has 1 aliphatic carbocycles. The first-order valence-electron chi connectivity index (χ1n) is 17.0. The molecule has 10 heteroatoms. The smallest absolute Gasteiger partial charge is 0.270 e. The van der Waals surface area contributed by atoms with Crippen LogP contribution < -0.4 is 10.6 Å². The maximum atomic E-state index is 13.7. The molecule has 2 aliphatic heterocycles. The lowest BCUT2D eigenvalue weighted by molar-refractivity contribution is -0.139. The number of nitrogens with one attached hydrogen (secondary N) is 2. The number of rotatable bonds is 12. The van der Waals surface area contributed by atoms with E-state index in [0.717, 1.165) is 62.9 Å². The molecule has 3 atom stereocenters. The van der Waals surface area contributed by atoms with E-state index in [1.807, 2.05) is 29.2 Å². The van der Waals surface area contributed by atoms with Crippen molar-refractivity contribution in [3.8, 4) is 0 Å². The summed E-state index contributed by atoms with van der Waals surface area (Å²) >= 11 is 0. The molecule has 45 heavy (non-hydrogen) atoms. The van der Waals surface area contributed by atoms with E-state index in [2.05, 4.69) is 20.6 Å². The minimum atomic E-state index is -0.598. The highest BCUT2D eigenvalue weighted by atomic mass is 16.2. The maximum absolute atomic E-state index is 13.7. The zero-order valence-corrected chi connectivity index (χ0v) is 27.0. The van der Waals surface area contributed by atoms with Gasteiger partial charge >= 0.3 is 0 Å². The molecule has 2 aromatic rings. The van der Waals surface area contributed by atoms with Crippen molar-refractivity contribution in [2.45, 2.75) is 102 Å². The van der Waals surface area contributed by atoms with Crippen LogP contribution in [-0.2, 0) is 34.3 Å². The van der Waals surface area contributed by atoms with E-state index in [-0.39, 0.29) is 29.4 Å². The summed E-state index contributed by atoms with van der Waals surface area (Å²) in [6.45, 7) is 5.24. The first-order valence-corrected chi connectivity index (χ1v) is 17.0. The molecule has 0 spiro atoms. The summed E-state index contributed by atoms with van der Waals surface area (Å²) in [7, 11) is 1.73. The number of hydrogen-bond donors (Lipinski definition) is 2. The molecule has 3 fully saturated rings. The number of fused-ring (bicyclic) bond motifs is 1. The van der Waals surface area contributed by atoms with E-state index in [1.165, 1.54) is 23.9 Å². The maximum Gasteiger partial charge on any atom is 0.270 e. The number of aryl methyl sites for hydroxylation is 2. The van der Waals surface area contributed by atoms with E-state index in [0.29, 0.717) is 44.0 Å². The predicted octanol–water partition coefficient (Wildman–Crippen LogP) is 3.43. The van der Waals surface area contributed by atoms with Gasteiger partial charge in [0.1, 0.15) is 11.7 Å². The average Bonchev–Trinajstić information content (AvgIpc) is 3.51. The van der Waals surface area contributed by atoms with Crippen molar-refractivity contribution in [3.05, 3.63) is 53.3 Å². The van der Waals surface area contributed by atoms with Crippen molar-refractivity contribution in [3.63, 3.8) is 0 Å². The van der Waals surface area contributed by atoms with Gasteiger partial charge in [-0.2, -0.15) is 5.10 Å². The van der Waals surface area contributed by atoms with Crippen LogP contribution in [0.3, 0.4) is 0 Å². The molecular formula is C35H50N6O4. The highest BCUT2D eigenvalue weighted by Crippen LogP contribution is 2.28. The van der Waals surface area contributed by atoms with E-state index in [9.17, 15) is 19.2 Å². The van der Waals surface area contributed by atoms with E-state index >= 15 is 0 Å². The summed E-state index contributed by atoms with van der Waals surface area (Å²) in [4.78, 5) is 57.0. The van der Waals surface area contributed by atoms with Crippen molar-refractivity contribution in [2.75, 3.05) is 26.2 Å². The largest absolute Gasteiger partial charge is 0.344 e. The van der Waals surface area contributed by atoms with Crippen LogP contribution in [-0.4, -0.2) is 87.4 Å². The number of piperidine rings is 1. The lowest BCUT2D eigenvalue weighted by Crippen LogP contribution is -2.59. The fourth-order valence-electron chi connectivity index (χ4n) is 7.31. The zero-order valence-electron chi connectivity index (χ0n) is 27.0. The fraction of sp³-hybridized carbons (Fsp3) is 0.629. The van der Waals surface area contributed by atoms with Gasteiger partial charge in [-0.05, 0) is 61.8 Å². The SMILES string of the molecule is CCC(=O)N[C@H](Cc1ccc(CCC(=O)[C@@H](NC(=O)c2ccnn2C)C2CCCCC2)cc1)C(=O)N1CCN2CCCC[C@H]2C1. The van der Waals surface area contributed by atoms with Crippen LogP contribution in [0.15, 0.2) is 36.5 Å². The second kappa shape index (κ2) is 15.7. The van der Waals surface area contributed by atoms with Gasteiger partial charge in [-0.1, -0.05) is 56.9 Å². The molecule has 1 aromatic carbocycles. The van der Waals surface area contributed by atoms with Crippen LogP contribution in [0.4, 0.5) is 0 Å². The first-order chi connectivity index (χ1) is 21.8. The molecule has 10 nitrogen and oxygen atoms in total. The number of hydrogen-bond acceptors (Lipinski definition) is 6. The minimum Gasteiger partial charge on any atom is -0.344 e. The number of carbonyl (C=O) groups excluding carboxylic acids is 4. The fourth-order valence-corrected chi connectivity index (χ4v) is 7.31. The third kappa shape index (κ3) is 8.60. The summed E-state index contributed by atoms with van der Waals surface area (Å²) in [6.07, 6.45) is 12.0. The number of ketones is 1. The number of aromatic nitrogens is 2. The Morgan fingerprint density at radius 2 is 1.62 bits per heavy atom. The Morgan fingerprint density at radius 1 is 0.889 bits per heavy atom. The Hall–Kier alpha value is -3.53. The van der Waals surface area contributed by atoms with Crippen molar-refractivity contribution in [2.24, 2.45) is 13.0 Å². The van der Waals surface area contributed by atoms with Crippen LogP contribution in [0.25, 0.3) is 0 Å². The first kappa shape index (κ1) is 32.9. The Kier molecular flexibility index (Phi) is 11.4. The minimum absolute atomic E-state index is 0.00128. The molecule has 1 aromatic heterocycles. The molecular weight excluding hydrogens is 568 g/mol. The van der Waals surface area contributed by atoms with Gasteiger partial charge < -0.3 is 15.5 Å². The zero-order chi connectivity index (χ0) is 31.8. The summed E-state index contributed by atoms with van der Waals surface area (Å²) in [5, 5.41) is 10.1. The predicted molar refractivity (Wildman–Crippen MR) is 173 cm³/mol. The Morgan fingerprint density at radius 3 is 2.33 bits per heavy atom. The van der Waals surface area contributed by atoms with Gasteiger partial charge in [0.25, 0.3) is 5.91 Å². The highest BCUT2D eigenvalue weighted by Gasteiger charge is 2.34. The van der Waals surface area contributed by atoms with Gasteiger partial charge in [-0.15, -0.1) is 0 Å². The summed E-state index contributed by atoms with van der Waals surface area (Å²) < 4.78 is 1.53. The molecule has 0 bridgehead atoms. The number of piperazine rings is 1. The average molecular weight is 619 g/mol. The van der Waals surface area contributed by atoms with Gasteiger partial charge in [0, 0.05) is 58.2 Å². The molecule has 3 amide bonds. The monoisotopic (exact) mass is 618 g/mol. The molecule has 244 valence electrons. The molecule has 0 radical (unpaired) electrons. The Balaban J connectivity index is 1.19.